The predicted molar refractivity (Wildman–Crippen MR) is 100 cm³/mol. The number of hydrogen-bond acceptors (Lipinski definition) is 4. The van der Waals surface area contributed by atoms with Crippen molar-refractivity contribution in [2.45, 2.75) is 10.6 Å². The lowest BCUT2D eigenvalue weighted by Crippen LogP contribution is -2.32. The number of hydrogen-bond donors (Lipinski definition) is 0. The van der Waals surface area contributed by atoms with Crippen LogP contribution in [0, 0.1) is 0 Å². The van der Waals surface area contributed by atoms with Gasteiger partial charge in [-0.05, 0) is 42.0 Å². The molecule has 1 aliphatic heterocycles. The highest BCUT2D eigenvalue weighted by molar-refractivity contribution is 8.14. The van der Waals surface area contributed by atoms with Crippen LogP contribution in [0.5, 0.6) is 0 Å². The first-order chi connectivity index (χ1) is 11.5. The Labute approximate surface area is 155 Å². The predicted octanol–water partition coefficient (Wildman–Crippen LogP) is 4.29. The first kappa shape index (κ1) is 17.6. The van der Waals surface area contributed by atoms with Gasteiger partial charge in [-0.1, -0.05) is 47.1 Å². The molecule has 0 saturated carbocycles. The summed E-state index contributed by atoms with van der Waals surface area (Å²) in [5, 5.41) is 1.69. The number of sulfonamides is 1. The van der Waals surface area contributed by atoms with Crippen molar-refractivity contribution < 1.29 is 8.42 Å². The molecule has 8 heteroatoms. The second-order valence-corrected chi connectivity index (χ2v) is 8.79. The van der Waals surface area contributed by atoms with E-state index in [9.17, 15) is 8.42 Å². The average Bonchev–Trinajstić information content (AvgIpc) is 3.04. The topological polar surface area (TPSA) is 49.7 Å². The van der Waals surface area contributed by atoms with E-state index in [0.29, 0.717) is 34.1 Å². The summed E-state index contributed by atoms with van der Waals surface area (Å²) in [4.78, 5) is 4.55. The summed E-state index contributed by atoms with van der Waals surface area (Å²) < 4.78 is 26.9. The molecule has 1 aliphatic rings. The molecular weight excluding hydrogens is 387 g/mol. The van der Waals surface area contributed by atoms with Crippen molar-refractivity contribution in [2.75, 3.05) is 13.1 Å². The monoisotopic (exact) mass is 400 g/mol. The molecular formula is C16H14Cl2N2O2S2. The van der Waals surface area contributed by atoms with E-state index in [-0.39, 0.29) is 4.90 Å². The summed E-state index contributed by atoms with van der Waals surface area (Å²) >= 11 is 13.1. The van der Waals surface area contributed by atoms with Crippen LogP contribution >= 0.6 is 35.0 Å². The largest absolute Gasteiger partial charge is 0.265 e. The summed E-state index contributed by atoms with van der Waals surface area (Å²) in [6.45, 7) is 0.823. The minimum absolute atomic E-state index is 0.216. The van der Waals surface area contributed by atoms with Crippen LogP contribution in [0.4, 0.5) is 0 Å². The molecule has 0 aliphatic carbocycles. The molecule has 0 aromatic heterocycles. The summed E-state index contributed by atoms with van der Waals surface area (Å²) in [7, 11) is -3.61. The van der Waals surface area contributed by atoms with Crippen molar-refractivity contribution in [3.8, 4) is 0 Å². The maximum Gasteiger partial charge on any atom is 0.265 e. The van der Waals surface area contributed by atoms with Crippen LogP contribution in [-0.2, 0) is 15.8 Å². The molecule has 0 saturated heterocycles. The van der Waals surface area contributed by atoms with Crippen molar-refractivity contribution in [2.24, 2.45) is 4.99 Å². The number of rotatable bonds is 4. The summed E-state index contributed by atoms with van der Waals surface area (Å²) in [5.41, 5.74) is 1.06. The third-order valence-electron chi connectivity index (χ3n) is 3.45. The number of halogens is 2. The molecule has 0 radical (unpaired) electrons. The zero-order chi connectivity index (χ0) is 17.2. The van der Waals surface area contributed by atoms with Crippen LogP contribution in [0.25, 0.3) is 0 Å². The Hall–Kier alpha value is -1.21. The number of amidine groups is 1. The van der Waals surface area contributed by atoms with Crippen molar-refractivity contribution in [1.82, 2.24) is 4.31 Å². The van der Waals surface area contributed by atoms with Gasteiger partial charge < -0.3 is 0 Å². The van der Waals surface area contributed by atoms with Crippen LogP contribution in [0.15, 0.2) is 58.4 Å². The lowest BCUT2D eigenvalue weighted by atomic mass is 10.2. The van der Waals surface area contributed by atoms with Gasteiger partial charge in [0.2, 0.25) is 0 Å². The van der Waals surface area contributed by atoms with Gasteiger partial charge in [0.25, 0.3) is 10.0 Å². The molecule has 126 valence electrons. The van der Waals surface area contributed by atoms with E-state index >= 15 is 0 Å². The molecule has 1 heterocycles. The highest BCUT2D eigenvalue weighted by Gasteiger charge is 2.30. The van der Waals surface area contributed by atoms with E-state index in [4.69, 9.17) is 23.2 Å². The fraction of sp³-hybridized carbons (Fsp3) is 0.188. The summed E-state index contributed by atoms with van der Waals surface area (Å²) in [6.07, 6.45) is 0. The molecule has 0 amide bonds. The Balaban J connectivity index is 1.75. The average molecular weight is 401 g/mol. The Morgan fingerprint density at radius 2 is 1.58 bits per heavy atom. The Morgan fingerprint density at radius 1 is 1.00 bits per heavy atom. The van der Waals surface area contributed by atoms with Gasteiger partial charge in [-0.15, -0.1) is 0 Å². The summed E-state index contributed by atoms with van der Waals surface area (Å²) in [6, 6.07) is 13.6. The van der Waals surface area contributed by atoms with Gasteiger partial charge in [0.15, 0.2) is 5.17 Å². The van der Waals surface area contributed by atoms with Gasteiger partial charge in [-0.3, -0.25) is 4.99 Å². The zero-order valence-corrected chi connectivity index (χ0v) is 15.7. The van der Waals surface area contributed by atoms with E-state index in [2.05, 4.69) is 4.99 Å². The highest BCUT2D eigenvalue weighted by atomic mass is 35.5. The molecule has 0 N–H and O–H groups in total. The van der Waals surface area contributed by atoms with E-state index < -0.39 is 10.0 Å². The molecule has 4 nitrogen and oxygen atoms in total. The normalized spacial score (nSPS) is 14.8. The van der Waals surface area contributed by atoms with Crippen LogP contribution < -0.4 is 0 Å². The van der Waals surface area contributed by atoms with E-state index in [0.717, 1.165) is 5.56 Å². The van der Waals surface area contributed by atoms with Gasteiger partial charge in [0.1, 0.15) is 0 Å². The second-order valence-electron chi connectivity index (χ2n) is 5.11. The molecule has 0 atom stereocenters. The fourth-order valence-corrected chi connectivity index (χ4v) is 5.14. The van der Waals surface area contributed by atoms with Crippen LogP contribution in [0.1, 0.15) is 5.56 Å². The van der Waals surface area contributed by atoms with E-state index in [1.165, 1.54) is 28.2 Å². The highest BCUT2D eigenvalue weighted by Crippen LogP contribution is 2.26. The van der Waals surface area contributed by atoms with Gasteiger partial charge in [-0.2, -0.15) is 0 Å². The van der Waals surface area contributed by atoms with Gasteiger partial charge >= 0.3 is 0 Å². The smallest absolute Gasteiger partial charge is 0.260 e. The van der Waals surface area contributed by atoms with Crippen LogP contribution in [0.3, 0.4) is 0 Å². The van der Waals surface area contributed by atoms with Crippen molar-refractivity contribution in [3.63, 3.8) is 0 Å². The number of nitrogens with zero attached hydrogens (tertiary/aromatic N) is 2. The first-order valence-electron chi connectivity index (χ1n) is 7.17. The third kappa shape index (κ3) is 3.88. The van der Waals surface area contributed by atoms with Crippen molar-refractivity contribution >= 4 is 50.2 Å². The zero-order valence-electron chi connectivity index (χ0n) is 12.5. The lowest BCUT2D eigenvalue weighted by Gasteiger charge is -2.20. The molecule has 2 aromatic rings. The van der Waals surface area contributed by atoms with Gasteiger partial charge in [0.05, 0.1) is 18.0 Å². The Kier molecular flexibility index (Phi) is 5.39. The van der Waals surface area contributed by atoms with Crippen molar-refractivity contribution in [3.05, 3.63) is 64.1 Å². The van der Waals surface area contributed by atoms with Crippen LogP contribution in [0.2, 0.25) is 10.0 Å². The molecule has 0 bridgehead atoms. The Morgan fingerprint density at radius 3 is 2.21 bits per heavy atom. The maximum absolute atomic E-state index is 12.8. The maximum atomic E-state index is 12.8. The van der Waals surface area contributed by atoms with Crippen LogP contribution in [-0.4, -0.2) is 31.0 Å². The number of benzene rings is 2. The number of thioether (sulfide) groups is 1. The molecule has 0 unspecified atom stereocenters. The second kappa shape index (κ2) is 7.35. The molecule has 0 fully saturated rings. The quantitative estimate of drug-likeness (QED) is 0.768. The standard InChI is InChI=1S/C16H14Cl2N2O2S2/c17-13-3-1-12(2-4-13)11-23-16-19-9-10-20(16)24(21,22)15-7-5-14(18)6-8-15/h1-8H,9-11H2. The minimum atomic E-state index is -3.61. The summed E-state index contributed by atoms with van der Waals surface area (Å²) in [5.74, 6) is 0.628. The fourth-order valence-electron chi connectivity index (χ4n) is 2.21. The third-order valence-corrected chi connectivity index (χ3v) is 6.95. The minimum Gasteiger partial charge on any atom is -0.260 e. The van der Waals surface area contributed by atoms with Gasteiger partial charge in [-0.25, -0.2) is 12.7 Å². The lowest BCUT2D eigenvalue weighted by molar-refractivity contribution is 0.540. The van der Waals surface area contributed by atoms with Gasteiger partial charge in [0, 0.05) is 15.8 Å². The van der Waals surface area contributed by atoms with E-state index in [1.807, 2.05) is 24.3 Å². The number of aliphatic imine (C=N–C) groups is 1. The molecule has 2 aromatic carbocycles. The van der Waals surface area contributed by atoms with Crippen molar-refractivity contribution in [1.29, 1.82) is 0 Å². The first-order valence-corrected chi connectivity index (χ1v) is 10.3. The molecule has 3 rings (SSSR count). The van der Waals surface area contributed by atoms with E-state index in [1.54, 1.807) is 12.1 Å². The molecule has 24 heavy (non-hydrogen) atoms. The Bertz CT molecular complexity index is 851. The SMILES string of the molecule is O=S(=O)(c1ccc(Cl)cc1)N1CCN=C1SCc1ccc(Cl)cc1. The molecule has 0 spiro atoms.